The number of carboxylic acid groups (broad SMARTS) is 1. The van der Waals surface area contributed by atoms with E-state index in [0.29, 0.717) is 6.42 Å². The molecule has 0 saturated heterocycles. The predicted octanol–water partition coefficient (Wildman–Crippen LogP) is 3.36. The third kappa shape index (κ3) is 6.16. The topological polar surface area (TPSA) is 75.6 Å². The summed E-state index contributed by atoms with van der Waals surface area (Å²) in [6.07, 6.45) is -0.482. The monoisotopic (exact) mass is 307 g/mol. The van der Waals surface area contributed by atoms with Gasteiger partial charge in [-0.15, -0.1) is 0 Å². The molecule has 0 fully saturated rings. The summed E-state index contributed by atoms with van der Waals surface area (Å²) in [5, 5.41) is 10.9. The van der Waals surface area contributed by atoms with Crippen molar-refractivity contribution >= 4 is 12.1 Å². The van der Waals surface area contributed by atoms with Gasteiger partial charge in [-0.05, 0) is 52.2 Å². The molecule has 0 radical (unpaired) electrons. The standard InChI is InChI=1S/C17H25NO4/c1-16(2,3)22-14(19)17(4,5)10-12-6-8-13(9-7-12)11-18-15(20)21/h6-9,18H,10-11H2,1-5H3,(H,20,21). The molecule has 0 aromatic heterocycles. The summed E-state index contributed by atoms with van der Waals surface area (Å²) in [6, 6.07) is 7.53. The van der Waals surface area contributed by atoms with E-state index in [-0.39, 0.29) is 12.5 Å². The van der Waals surface area contributed by atoms with Crippen molar-refractivity contribution < 1.29 is 19.4 Å². The van der Waals surface area contributed by atoms with Crippen LogP contribution in [0, 0.1) is 5.41 Å². The highest BCUT2D eigenvalue weighted by Crippen LogP contribution is 2.26. The minimum Gasteiger partial charge on any atom is -0.465 e. The molecule has 0 bridgehead atoms. The number of amides is 1. The lowest BCUT2D eigenvalue weighted by Crippen LogP contribution is -2.35. The molecule has 2 N–H and O–H groups in total. The van der Waals surface area contributed by atoms with E-state index in [0.717, 1.165) is 11.1 Å². The third-order valence-corrected chi connectivity index (χ3v) is 3.06. The average molecular weight is 307 g/mol. The second-order valence-electron chi connectivity index (χ2n) is 7.04. The maximum absolute atomic E-state index is 12.2. The molecule has 5 heteroatoms. The van der Waals surface area contributed by atoms with E-state index < -0.39 is 17.1 Å². The number of hydrogen-bond acceptors (Lipinski definition) is 3. The first kappa shape index (κ1) is 18.0. The van der Waals surface area contributed by atoms with Crippen LogP contribution in [0.15, 0.2) is 24.3 Å². The molecule has 0 heterocycles. The normalized spacial score (nSPS) is 11.9. The minimum atomic E-state index is -1.05. The van der Waals surface area contributed by atoms with Gasteiger partial charge < -0.3 is 15.2 Å². The molecule has 0 saturated carbocycles. The second kappa shape index (κ2) is 6.81. The fourth-order valence-electron chi connectivity index (χ4n) is 1.95. The molecule has 1 amide bonds. The molecule has 0 aliphatic carbocycles. The Hall–Kier alpha value is -2.04. The van der Waals surface area contributed by atoms with Gasteiger partial charge in [0.25, 0.3) is 0 Å². The van der Waals surface area contributed by atoms with Crippen molar-refractivity contribution in [1.82, 2.24) is 5.32 Å². The Kier molecular flexibility index (Phi) is 5.58. The summed E-state index contributed by atoms with van der Waals surface area (Å²) in [5.74, 6) is -0.225. The second-order valence-corrected chi connectivity index (χ2v) is 7.04. The van der Waals surface area contributed by atoms with Crippen molar-refractivity contribution in [3.05, 3.63) is 35.4 Å². The fourth-order valence-corrected chi connectivity index (χ4v) is 1.95. The van der Waals surface area contributed by atoms with Crippen LogP contribution in [-0.2, 0) is 22.5 Å². The van der Waals surface area contributed by atoms with Gasteiger partial charge in [-0.25, -0.2) is 4.79 Å². The molecule has 0 aliphatic heterocycles. The van der Waals surface area contributed by atoms with E-state index in [2.05, 4.69) is 5.32 Å². The quantitative estimate of drug-likeness (QED) is 0.818. The molecule has 1 rings (SSSR count). The lowest BCUT2D eigenvalue weighted by molar-refractivity contribution is -0.165. The van der Waals surface area contributed by atoms with E-state index >= 15 is 0 Å². The number of nitrogens with one attached hydrogen (secondary N) is 1. The zero-order chi connectivity index (χ0) is 17.0. The van der Waals surface area contributed by atoms with Crippen molar-refractivity contribution in [3.8, 4) is 0 Å². The minimum absolute atomic E-state index is 0.225. The maximum Gasteiger partial charge on any atom is 0.404 e. The molecule has 1 aromatic rings. The zero-order valence-electron chi connectivity index (χ0n) is 13.9. The largest absolute Gasteiger partial charge is 0.465 e. The molecular weight excluding hydrogens is 282 g/mol. The van der Waals surface area contributed by atoms with Crippen LogP contribution in [-0.4, -0.2) is 22.8 Å². The van der Waals surface area contributed by atoms with E-state index in [4.69, 9.17) is 9.84 Å². The van der Waals surface area contributed by atoms with Crippen LogP contribution in [0.2, 0.25) is 0 Å². The van der Waals surface area contributed by atoms with Crippen LogP contribution in [0.1, 0.15) is 45.7 Å². The Morgan fingerprint density at radius 3 is 2.00 bits per heavy atom. The van der Waals surface area contributed by atoms with Gasteiger partial charge in [0.15, 0.2) is 0 Å². The van der Waals surface area contributed by atoms with Crippen molar-refractivity contribution in [2.45, 2.75) is 53.2 Å². The summed E-state index contributed by atoms with van der Waals surface area (Å²) in [5.41, 5.74) is 0.769. The number of benzene rings is 1. The molecule has 0 atom stereocenters. The molecule has 0 aliphatic rings. The number of esters is 1. The Morgan fingerprint density at radius 1 is 1.05 bits per heavy atom. The van der Waals surface area contributed by atoms with Crippen LogP contribution in [0.4, 0.5) is 4.79 Å². The zero-order valence-corrected chi connectivity index (χ0v) is 13.9. The molecule has 122 valence electrons. The molecule has 0 spiro atoms. The Bertz CT molecular complexity index is 527. The van der Waals surface area contributed by atoms with Gasteiger partial charge in [0.2, 0.25) is 0 Å². The van der Waals surface area contributed by atoms with Gasteiger partial charge in [0.1, 0.15) is 5.60 Å². The van der Waals surface area contributed by atoms with Crippen LogP contribution >= 0.6 is 0 Å². The number of carbonyl (C=O) groups excluding carboxylic acids is 1. The van der Waals surface area contributed by atoms with Gasteiger partial charge in [0.05, 0.1) is 5.41 Å². The summed E-state index contributed by atoms with van der Waals surface area (Å²) >= 11 is 0. The lowest BCUT2D eigenvalue weighted by Gasteiger charge is -2.28. The SMILES string of the molecule is CC(C)(C)OC(=O)C(C)(C)Cc1ccc(CNC(=O)O)cc1. The summed E-state index contributed by atoms with van der Waals surface area (Å²) < 4.78 is 5.45. The highest BCUT2D eigenvalue weighted by molar-refractivity contribution is 5.76. The van der Waals surface area contributed by atoms with Crippen LogP contribution in [0.25, 0.3) is 0 Å². The Labute approximate surface area is 131 Å². The van der Waals surface area contributed by atoms with Crippen molar-refractivity contribution in [1.29, 1.82) is 0 Å². The molecule has 22 heavy (non-hydrogen) atoms. The van der Waals surface area contributed by atoms with Crippen LogP contribution < -0.4 is 5.32 Å². The number of carbonyl (C=O) groups is 2. The van der Waals surface area contributed by atoms with Crippen LogP contribution in [0.5, 0.6) is 0 Å². The average Bonchev–Trinajstić information content (AvgIpc) is 2.35. The van der Waals surface area contributed by atoms with Gasteiger partial charge in [0, 0.05) is 6.54 Å². The van der Waals surface area contributed by atoms with Crippen molar-refractivity contribution in [2.75, 3.05) is 0 Å². The smallest absolute Gasteiger partial charge is 0.404 e. The highest BCUT2D eigenvalue weighted by Gasteiger charge is 2.32. The number of hydrogen-bond donors (Lipinski definition) is 2. The lowest BCUT2D eigenvalue weighted by atomic mass is 9.85. The molecule has 0 unspecified atom stereocenters. The summed E-state index contributed by atoms with van der Waals surface area (Å²) in [4.78, 5) is 22.7. The first-order valence-electron chi connectivity index (χ1n) is 7.28. The van der Waals surface area contributed by atoms with E-state index in [9.17, 15) is 9.59 Å². The highest BCUT2D eigenvalue weighted by atomic mass is 16.6. The van der Waals surface area contributed by atoms with Gasteiger partial charge in [-0.2, -0.15) is 0 Å². The van der Waals surface area contributed by atoms with Gasteiger partial charge in [-0.1, -0.05) is 24.3 Å². The van der Waals surface area contributed by atoms with Gasteiger partial charge in [-0.3, -0.25) is 4.79 Å². The Morgan fingerprint density at radius 2 is 1.55 bits per heavy atom. The third-order valence-electron chi connectivity index (χ3n) is 3.06. The Balaban J connectivity index is 2.69. The molecule has 5 nitrogen and oxygen atoms in total. The van der Waals surface area contributed by atoms with Crippen LogP contribution in [0.3, 0.4) is 0 Å². The van der Waals surface area contributed by atoms with Crippen molar-refractivity contribution in [3.63, 3.8) is 0 Å². The number of ether oxygens (including phenoxy) is 1. The summed E-state index contributed by atoms with van der Waals surface area (Å²) in [6.45, 7) is 9.55. The number of rotatable bonds is 5. The van der Waals surface area contributed by atoms with Crippen molar-refractivity contribution in [2.24, 2.45) is 5.41 Å². The predicted molar refractivity (Wildman–Crippen MR) is 84.6 cm³/mol. The van der Waals surface area contributed by atoms with E-state index in [1.54, 1.807) is 0 Å². The fraction of sp³-hybridized carbons (Fsp3) is 0.529. The first-order chi connectivity index (χ1) is 9.99. The van der Waals surface area contributed by atoms with E-state index in [1.807, 2.05) is 58.9 Å². The summed E-state index contributed by atoms with van der Waals surface area (Å²) in [7, 11) is 0. The van der Waals surface area contributed by atoms with E-state index in [1.165, 1.54) is 0 Å². The first-order valence-corrected chi connectivity index (χ1v) is 7.28. The molecular formula is C17H25NO4. The van der Waals surface area contributed by atoms with Gasteiger partial charge >= 0.3 is 12.1 Å². The maximum atomic E-state index is 12.2. The molecule has 1 aromatic carbocycles.